The van der Waals surface area contributed by atoms with Crippen LogP contribution >= 0.6 is 0 Å². The van der Waals surface area contributed by atoms with Crippen molar-refractivity contribution >= 4 is 10.0 Å². The Morgan fingerprint density at radius 2 is 1.90 bits per heavy atom. The van der Waals surface area contributed by atoms with E-state index in [0.717, 1.165) is 18.9 Å². The molecule has 0 aromatic heterocycles. The van der Waals surface area contributed by atoms with Gasteiger partial charge in [0.1, 0.15) is 5.82 Å². The van der Waals surface area contributed by atoms with Gasteiger partial charge in [0, 0.05) is 12.1 Å². The average molecular weight is 303 g/mol. The van der Waals surface area contributed by atoms with Crippen molar-refractivity contribution in [3.63, 3.8) is 0 Å². The Hall–Kier alpha value is -0.980. The molecule has 0 aliphatic rings. The van der Waals surface area contributed by atoms with E-state index < -0.39 is 22.4 Å². The molecule has 114 valence electrons. The average Bonchev–Trinajstić information content (AvgIpc) is 2.42. The minimum absolute atomic E-state index is 0.0687. The molecule has 0 saturated heterocycles. The molecule has 0 bridgehead atoms. The summed E-state index contributed by atoms with van der Waals surface area (Å²) in [6.45, 7) is 5.35. The predicted molar refractivity (Wildman–Crippen MR) is 76.3 cm³/mol. The molecule has 0 saturated carbocycles. The van der Waals surface area contributed by atoms with Gasteiger partial charge in [-0.2, -0.15) is 0 Å². The van der Waals surface area contributed by atoms with Crippen LogP contribution < -0.4 is 4.72 Å². The molecule has 0 fully saturated rings. The van der Waals surface area contributed by atoms with Gasteiger partial charge in [-0.1, -0.05) is 26.7 Å². The van der Waals surface area contributed by atoms with Crippen LogP contribution in [0.25, 0.3) is 0 Å². The van der Waals surface area contributed by atoms with Crippen LogP contribution in [0.15, 0.2) is 17.0 Å². The standard InChI is InChI=1S/C14H22FNO3S/c1-4-11(5-2)8-16-20(18,19)14-7-12(9-17)6-13(15)10(14)3/h6-7,11,16-17H,4-5,8-9H2,1-3H3. The van der Waals surface area contributed by atoms with E-state index in [-0.39, 0.29) is 21.9 Å². The molecule has 0 aliphatic heterocycles. The highest BCUT2D eigenvalue weighted by molar-refractivity contribution is 7.89. The number of aliphatic hydroxyl groups is 1. The Kier molecular flexibility index (Phi) is 6.10. The third-order valence-corrected chi connectivity index (χ3v) is 5.10. The Bertz CT molecular complexity index is 554. The molecule has 0 atom stereocenters. The topological polar surface area (TPSA) is 66.4 Å². The Labute approximate surface area is 120 Å². The van der Waals surface area contributed by atoms with Crippen LogP contribution in [0.1, 0.15) is 37.8 Å². The first-order valence-corrected chi connectivity index (χ1v) is 8.23. The SMILES string of the molecule is CCC(CC)CNS(=O)(=O)c1cc(CO)cc(F)c1C. The van der Waals surface area contributed by atoms with Crippen molar-refractivity contribution in [3.8, 4) is 0 Å². The van der Waals surface area contributed by atoms with Crippen molar-refractivity contribution in [1.29, 1.82) is 0 Å². The van der Waals surface area contributed by atoms with E-state index in [4.69, 9.17) is 5.11 Å². The minimum Gasteiger partial charge on any atom is -0.392 e. The molecule has 1 aromatic rings. The Morgan fingerprint density at radius 1 is 1.30 bits per heavy atom. The van der Waals surface area contributed by atoms with Gasteiger partial charge in [0.15, 0.2) is 0 Å². The minimum atomic E-state index is -3.76. The summed E-state index contributed by atoms with van der Waals surface area (Å²) in [7, 11) is -3.76. The third-order valence-electron chi connectivity index (χ3n) is 3.55. The first kappa shape index (κ1) is 17.1. The summed E-state index contributed by atoms with van der Waals surface area (Å²) in [6.07, 6.45) is 1.76. The van der Waals surface area contributed by atoms with E-state index in [1.807, 2.05) is 13.8 Å². The number of sulfonamides is 1. The quantitative estimate of drug-likeness (QED) is 0.812. The van der Waals surface area contributed by atoms with Gasteiger partial charge in [-0.15, -0.1) is 0 Å². The zero-order chi connectivity index (χ0) is 15.3. The number of halogens is 1. The van der Waals surface area contributed by atoms with Crippen molar-refractivity contribution in [3.05, 3.63) is 29.1 Å². The number of aliphatic hydroxyl groups excluding tert-OH is 1. The summed E-state index contributed by atoms with van der Waals surface area (Å²) in [6, 6.07) is 2.46. The van der Waals surface area contributed by atoms with Crippen LogP contribution in [0.3, 0.4) is 0 Å². The molecular formula is C14H22FNO3S. The zero-order valence-electron chi connectivity index (χ0n) is 12.1. The molecule has 0 radical (unpaired) electrons. The fourth-order valence-electron chi connectivity index (χ4n) is 1.96. The monoisotopic (exact) mass is 303 g/mol. The highest BCUT2D eigenvalue weighted by Gasteiger charge is 2.20. The van der Waals surface area contributed by atoms with E-state index in [9.17, 15) is 12.8 Å². The lowest BCUT2D eigenvalue weighted by Gasteiger charge is -2.15. The summed E-state index contributed by atoms with van der Waals surface area (Å²) in [5.74, 6) is -0.365. The smallest absolute Gasteiger partial charge is 0.240 e. The second-order valence-corrected chi connectivity index (χ2v) is 6.63. The zero-order valence-corrected chi connectivity index (χ0v) is 12.9. The van der Waals surface area contributed by atoms with E-state index in [1.54, 1.807) is 0 Å². The van der Waals surface area contributed by atoms with E-state index in [0.29, 0.717) is 6.54 Å². The molecule has 4 nitrogen and oxygen atoms in total. The van der Waals surface area contributed by atoms with Gasteiger partial charge in [0.2, 0.25) is 10.0 Å². The molecular weight excluding hydrogens is 281 g/mol. The largest absolute Gasteiger partial charge is 0.392 e. The lowest BCUT2D eigenvalue weighted by Crippen LogP contribution is -2.29. The van der Waals surface area contributed by atoms with Crippen LogP contribution in [0.2, 0.25) is 0 Å². The van der Waals surface area contributed by atoms with E-state index in [2.05, 4.69) is 4.72 Å². The van der Waals surface area contributed by atoms with Gasteiger partial charge in [0.05, 0.1) is 11.5 Å². The van der Waals surface area contributed by atoms with Gasteiger partial charge in [-0.3, -0.25) is 0 Å². The summed E-state index contributed by atoms with van der Waals surface area (Å²) in [4.78, 5) is -0.104. The van der Waals surface area contributed by atoms with Gasteiger partial charge < -0.3 is 5.11 Å². The van der Waals surface area contributed by atoms with E-state index >= 15 is 0 Å². The lowest BCUT2D eigenvalue weighted by atomic mass is 10.0. The maximum Gasteiger partial charge on any atom is 0.240 e. The van der Waals surface area contributed by atoms with Crippen LogP contribution in [-0.4, -0.2) is 20.1 Å². The fourth-order valence-corrected chi connectivity index (χ4v) is 3.38. The maximum atomic E-state index is 13.7. The number of rotatable bonds is 7. The Balaban J connectivity index is 3.06. The maximum absolute atomic E-state index is 13.7. The summed E-state index contributed by atoms with van der Waals surface area (Å²) < 4.78 is 40.7. The van der Waals surface area contributed by atoms with Crippen LogP contribution in [0.5, 0.6) is 0 Å². The van der Waals surface area contributed by atoms with Crippen LogP contribution in [0, 0.1) is 18.7 Å². The van der Waals surface area contributed by atoms with Crippen molar-refractivity contribution in [2.24, 2.45) is 5.92 Å². The molecule has 0 amide bonds. The highest BCUT2D eigenvalue weighted by atomic mass is 32.2. The van der Waals surface area contributed by atoms with Crippen LogP contribution in [-0.2, 0) is 16.6 Å². The third kappa shape index (κ3) is 4.01. The lowest BCUT2D eigenvalue weighted by molar-refractivity contribution is 0.281. The molecule has 0 heterocycles. The van der Waals surface area contributed by atoms with Crippen LogP contribution in [0.4, 0.5) is 4.39 Å². The summed E-state index contributed by atoms with van der Waals surface area (Å²) >= 11 is 0. The summed E-state index contributed by atoms with van der Waals surface area (Å²) in [5, 5.41) is 9.06. The normalized spacial score (nSPS) is 12.1. The molecule has 1 aromatic carbocycles. The second-order valence-electron chi connectivity index (χ2n) is 4.89. The molecule has 0 aliphatic carbocycles. The van der Waals surface area contributed by atoms with Gasteiger partial charge in [-0.25, -0.2) is 17.5 Å². The van der Waals surface area contributed by atoms with Gasteiger partial charge >= 0.3 is 0 Å². The number of hydrogen-bond acceptors (Lipinski definition) is 3. The molecule has 20 heavy (non-hydrogen) atoms. The van der Waals surface area contributed by atoms with Crippen molar-refractivity contribution < 1.29 is 17.9 Å². The Morgan fingerprint density at radius 3 is 2.40 bits per heavy atom. The van der Waals surface area contributed by atoms with Crippen molar-refractivity contribution in [2.75, 3.05) is 6.54 Å². The van der Waals surface area contributed by atoms with Gasteiger partial charge in [0.25, 0.3) is 0 Å². The summed E-state index contributed by atoms with van der Waals surface area (Å²) in [5.41, 5.74) is 0.315. The second kappa shape index (κ2) is 7.15. The fraction of sp³-hybridized carbons (Fsp3) is 0.571. The van der Waals surface area contributed by atoms with Gasteiger partial charge in [-0.05, 0) is 30.5 Å². The van der Waals surface area contributed by atoms with Crippen molar-refractivity contribution in [1.82, 2.24) is 4.72 Å². The highest BCUT2D eigenvalue weighted by Crippen LogP contribution is 2.21. The number of hydrogen-bond donors (Lipinski definition) is 2. The number of benzene rings is 1. The first-order chi connectivity index (χ1) is 9.35. The van der Waals surface area contributed by atoms with Crippen molar-refractivity contribution in [2.45, 2.75) is 45.1 Å². The molecule has 1 rings (SSSR count). The first-order valence-electron chi connectivity index (χ1n) is 6.75. The number of nitrogens with one attached hydrogen (secondary N) is 1. The molecule has 6 heteroatoms. The molecule has 0 unspecified atom stereocenters. The predicted octanol–water partition coefficient (Wildman–Crippen LogP) is 2.34. The van der Waals surface area contributed by atoms with E-state index in [1.165, 1.54) is 13.0 Å². The molecule has 0 spiro atoms. The molecule has 2 N–H and O–H groups in total.